The van der Waals surface area contributed by atoms with Gasteiger partial charge in [-0.2, -0.15) is 4.31 Å². The van der Waals surface area contributed by atoms with Crippen LogP contribution >= 0.6 is 0 Å². The van der Waals surface area contributed by atoms with Gasteiger partial charge in [-0.25, -0.2) is 8.42 Å². The van der Waals surface area contributed by atoms with E-state index in [1.807, 2.05) is 20.8 Å². The molecule has 0 bridgehead atoms. The molecule has 1 saturated heterocycles. The molecule has 1 aliphatic rings. The van der Waals surface area contributed by atoms with Crippen LogP contribution in [0.5, 0.6) is 5.75 Å². The highest BCUT2D eigenvalue weighted by Gasteiger charge is 2.33. The van der Waals surface area contributed by atoms with E-state index in [2.05, 4.69) is 6.92 Å². The van der Waals surface area contributed by atoms with Gasteiger partial charge in [0.15, 0.2) is 0 Å². The molecule has 2 N–H and O–H groups in total. The molecule has 1 heterocycles. The summed E-state index contributed by atoms with van der Waals surface area (Å²) in [6, 6.07) is 5.08. The molecule has 0 saturated carbocycles. The maximum Gasteiger partial charge on any atom is 0.243 e. The first-order chi connectivity index (χ1) is 10.8. The molecule has 1 fully saturated rings. The van der Waals surface area contributed by atoms with E-state index in [0.29, 0.717) is 30.4 Å². The Morgan fingerprint density at radius 1 is 1.39 bits per heavy atom. The molecule has 0 spiro atoms. The highest BCUT2D eigenvalue weighted by Crippen LogP contribution is 2.29. The summed E-state index contributed by atoms with van der Waals surface area (Å²) in [5, 5.41) is 0. The van der Waals surface area contributed by atoms with Gasteiger partial charge in [0.2, 0.25) is 10.0 Å². The Bertz CT molecular complexity index is 643. The Hall–Kier alpha value is -1.11. The number of aryl methyl sites for hydroxylation is 1. The lowest BCUT2D eigenvalue weighted by Crippen LogP contribution is -2.45. The van der Waals surface area contributed by atoms with Crippen molar-refractivity contribution >= 4 is 10.0 Å². The maximum absolute atomic E-state index is 12.9. The summed E-state index contributed by atoms with van der Waals surface area (Å²) in [4.78, 5) is 0.330. The molecule has 1 aliphatic heterocycles. The van der Waals surface area contributed by atoms with Gasteiger partial charge in [0.1, 0.15) is 5.75 Å². The third-order valence-corrected chi connectivity index (χ3v) is 6.39. The van der Waals surface area contributed by atoms with Crippen LogP contribution in [0.2, 0.25) is 0 Å². The lowest BCUT2D eigenvalue weighted by Gasteiger charge is -2.35. The van der Waals surface area contributed by atoms with E-state index in [0.717, 1.165) is 17.7 Å². The Balaban J connectivity index is 2.24. The van der Waals surface area contributed by atoms with Crippen LogP contribution in [0.4, 0.5) is 0 Å². The molecule has 2 unspecified atom stereocenters. The fourth-order valence-corrected chi connectivity index (χ4v) is 4.56. The van der Waals surface area contributed by atoms with E-state index in [1.54, 1.807) is 22.5 Å². The van der Waals surface area contributed by atoms with Gasteiger partial charge >= 0.3 is 0 Å². The van der Waals surface area contributed by atoms with Crippen molar-refractivity contribution in [2.24, 2.45) is 17.6 Å². The Morgan fingerprint density at radius 2 is 2.09 bits per heavy atom. The average molecular weight is 340 g/mol. The molecular formula is C17H28N2O3S. The van der Waals surface area contributed by atoms with Crippen LogP contribution in [0, 0.1) is 18.8 Å². The zero-order chi connectivity index (χ0) is 17.2. The first kappa shape index (κ1) is 18.2. The van der Waals surface area contributed by atoms with E-state index in [4.69, 9.17) is 10.5 Å². The summed E-state index contributed by atoms with van der Waals surface area (Å²) >= 11 is 0. The summed E-state index contributed by atoms with van der Waals surface area (Å²) in [6.07, 6.45) is 0.916. The predicted octanol–water partition coefficient (Wildman–Crippen LogP) is 2.39. The third kappa shape index (κ3) is 4.05. The Labute approximate surface area is 139 Å². The number of hydrogen-bond acceptors (Lipinski definition) is 4. The van der Waals surface area contributed by atoms with Crippen LogP contribution < -0.4 is 10.5 Å². The Morgan fingerprint density at radius 3 is 2.65 bits per heavy atom. The molecular weight excluding hydrogens is 312 g/mol. The number of rotatable bonds is 5. The van der Waals surface area contributed by atoms with Crippen LogP contribution in [0.15, 0.2) is 23.1 Å². The lowest BCUT2D eigenvalue weighted by molar-refractivity contribution is 0.203. The number of sulfonamides is 1. The summed E-state index contributed by atoms with van der Waals surface area (Å²) in [5.41, 5.74) is 6.62. The number of hydrogen-bond donors (Lipinski definition) is 1. The molecule has 6 heteroatoms. The van der Waals surface area contributed by atoms with Crippen LogP contribution in [-0.2, 0) is 10.0 Å². The summed E-state index contributed by atoms with van der Waals surface area (Å²) in [6.45, 7) is 9.50. The first-order valence-electron chi connectivity index (χ1n) is 8.23. The number of ether oxygens (including phenoxy) is 1. The van der Waals surface area contributed by atoms with Gasteiger partial charge in [-0.3, -0.25) is 0 Å². The standard InChI is InChI=1S/C17H28N2O3S/c1-12(2)22-17-6-5-16(9-14(17)4)23(20,21)19-8-7-13(3)15(10-18)11-19/h5-6,9,12-13,15H,7-8,10-11,18H2,1-4H3. The molecule has 0 radical (unpaired) electrons. The third-order valence-electron chi connectivity index (χ3n) is 4.53. The number of piperidine rings is 1. The fraction of sp³-hybridized carbons (Fsp3) is 0.647. The van der Waals surface area contributed by atoms with Crippen LogP contribution in [0.25, 0.3) is 0 Å². The van der Waals surface area contributed by atoms with Crippen LogP contribution in [-0.4, -0.2) is 38.5 Å². The van der Waals surface area contributed by atoms with Crippen molar-refractivity contribution in [3.8, 4) is 5.75 Å². The van der Waals surface area contributed by atoms with Crippen molar-refractivity contribution in [2.45, 2.75) is 45.1 Å². The van der Waals surface area contributed by atoms with E-state index < -0.39 is 10.0 Å². The minimum absolute atomic E-state index is 0.0602. The highest BCUT2D eigenvalue weighted by atomic mass is 32.2. The van der Waals surface area contributed by atoms with Gasteiger partial charge in [0.25, 0.3) is 0 Å². The molecule has 0 aliphatic carbocycles. The molecule has 5 nitrogen and oxygen atoms in total. The van der Waals surface area contributed by atoms with Crippen molar-refractivity contribution < 1.29 is 13.2 Å². The van der Waals surface area contributed by atoms with E-state index in [-0.39, 0.29) is 12.0 Å². The van der Waals surface area contributed by atoms with Gasteiger partial charge in [0, 0.05) is 13.1 Å². The van der Waals surface area contributed by atoms with Gasteiger partial charge < -0.3 is 10.5 Å². The molecule has 1 aromatic rings. The predicted molar refractivity (Wildman–Crippen MR) is 92.0 cm³/mol. The number of nitrogens with two attached hydrogens (primary N) is 1. The SMILES string of the molecule is Cc1cc(S(=O)(=O)N2CCC(C)C(CN)C2)ccc1OC(C)C. The van der Waals surface area contributed by atoms with Gasteiger partial charge in [-0.1, -0.05) is 6.92 Å². The smallest absolute Gasteiger partial charge is 0.243 e. The second-order valence-electron chi connectivity index (χ2n) is 6.72. The average Bonchev–Trinajstić information content (AvgIpc) is 2.49. The van der Waals surface area contributed by atoms with E-state index >= 15 is 0 Å². The minimum Gasteiger partial charge on any atom is -0.491 e. The van der Waals surface area contributed by atoms with Crippen LogP contribution in [0.3, 0.4) is 0 Å². The molecule has 130 valence electrons. The maximum atomic E-state index is 12.9. The zero-order valence-corrected chi connectivity index (χ0v) is 15.3. The zero-order valence-electron chi connectivity index (χ0n) is 14.5. The topological polar surface area (TPSA) is 72.6 Å². The quantitative estimate of drug-likeness (QED) is 0.893. The fourth-order valence-electron chi connectivity index (χ4n) is 2.96. The van der Waals surface area contributed by atoms with Crippen LogP contribution in [0.1, 0.15) is 32.8 Å². The number of benzene rings is 1. The summed E-state index contributed by atoms with van der Waals surface area (Å²) < 4.78 is 33.0. The van der Waals surface area contributed by atoms with Gasteiger partial charge in [0.05, 0.1) is 11.0 Å². The van der Waals surface area contributed by atoms with Crippen molar-refractivity contribution in [1.82, 2.24) is 4.31 Å². The normalized spacial score (nSPS) is 23.2. The molecule has 1 aromatic carbocycles. The van der Waals surface area contributed by atoms with E-state index in [1.165, 1.54) is 0 Å². The summed E-state index contributed by atoms with van der Waals surface area (Å²) in [7, 11) is -3.47. The largest absolute Gasteiger partial charge is 0.491 e. The Kier molecular flexibility index (Phi) is 5.70. The first-order valence-corrected chi connectivity index (χ1v) is 9.67. The molecule has 2 atom stereocenters. The molecule has 2 rings (SSSR count). The molecule has 23 heavy (non-hydrogen) atoms. The highest BCUT2D eigenvalue weighted by molar-refractivity contribution is 7.89. The van der Waals surface area contributed by atoms with Crippen molar-refractivity contribution in [2.75, 3.05) is 19.6 Å². The minimum atomic E-state index is -3.47. The second kappa shape index (κ2) is 7.20. The van der Waals surface area contributed by atoms with E-state index in [9.17, 15) is 8.42 Å². The van der Waals surface area contributed by atoms with Crippen molar-refractivity contribution in [3.63, 3.8) is 0 Å². The number of nitrogens with zero attached hydrogens (tertiary/aromatic N) is 1. The second-order valence-corrected chi connectivity index (χ2v) is 8.66. The molecule has 0 amide bonds. The molecule has 0 aromatic heterocycles. The lowest BCUT2D eigenvalue weighted by atomic mass is 9.88. The van der Waals surface area contributed by atoms with Gasteiger partial charge in [-0.15, -0.1) is 0 Å². The summed E-state index contributed by atoms with van der Waals surface area (Å²) in [5.74, 6) is 1.42. The van der Waals surface area contributed by atoms with Crippen molar-refractivity contribution in [3.05, 3.63) is 23.8 Å². The van der Waals surface area contributed by atoms with Crippen molar-refractivity contribution in [1.29, 1.82) is 0 Å². The monoisotopic (exact) mass is 340 g/mol. The van der Waals surface area contributed by atoms with Gasteiger partial charge in [-0.05, 0) is 69.3 Å².